The Balaban J connectivity index is 1.81. The van der Waals surface area contributed by atoms with Gasteiger partial charge in [0.2, 0.25) is 0 Å². The minimum atomic E-state index is -1.23. The van der Waals surface area contributed by atoms with Crippen LogP contribution in [0.25, 0.3) is 0 Å². The van der Waals surface area contributed by atoms with E-state index < -0.39 is 17.5 Å². The van der Waals surface area contributed by atoms with Crippen LogP contribution < -0.4 is 10.6 Å². The van der Waals surface area contributed by atoms with Gasteiger partial charge in [0.25, 0.3) is 0 Å². The van der Waals surface area contributed by atoms with Crippen molar-refractivity contribution >= 4 is 12.0 Å². The highest BCUT2D eigenvalue weighted by Gasteiger charge is 2.41. The molecule has 0 unspecified atom stereocenters. The summed E-state index contributed by atoms with van der Waals surface area (Å²) in [7, 11) is 0. The summed E-state index contributed by atoms with van der Waals surface area (Å²) in [5, 5.41) is 14.5. The second-order valence-corrected chi connectivity index (χ2v) is 4.71. The van der Waals surface area contributed by atoms with Crippen LogP contribution in [-0.4, -0.2) is 42.4 Å². The minimum Gasteiger partial charge on any atom is -0.480 e. The molecule has 7 heteroatoms. The molecule has 0 aliphatic carbocycles. The number of rotatable bonds is 5. The zero-order chi connectivity index (χ0) is 14.4. The third kappa shape index (κ3) is 3.51. The molecule has 1 fully saturated rings. The maximum absolute atomic E-state index is 11.8. The zero-order valence-corrected chi connectivity index (χ0v) is 11.1. The molecule has 3 N–H and O–H groups in total. The number of carboxylic acids is 1. The Bertz CT molecular complexity index is 451. The number of carboxylic acid groups (broad SMARTS) is 1. The molecule has 2 amide bonds. The first-order valence-corrected chi connectivity index (χ1v) is 6.52. The lowest BCUT2D eigenvalue weighted by Gasteiger charge is -2.33. The van der Waals surface area contributed by atoms with Crippen molar-refractivity contribution in [2.45, 2.75) is 24.8 Å². The summed E-state index contributed by atoms with van der Waals surface area (Å²) in [4.78, 5) is 23.2. The summed E-state index contributed by atoms with van der Waals surface area (Å²) in [5.41, 5.74) is -1.23. The van der Waals surface area contributed by atoms with E-state index in [0.29, 0.717) is 26.2 Å². The lowest BCUT2D eigenvalue weighted by atomic mass is 9.90. The number of nitrogens with one attached hydrogen (secondary N) is 2. The first-order chi connectivity index (χ1) is 9.62. The third-order valence-corrected chi connectivity index (χ3v) is 3.35. The van der Waals surface area contributed by atoms with Crippen LogP contribution in [0.5, 0.6) is 0 Å². The van der Waals surface area contributed by atoms with Gasteiger partial charge in [-0.2, -0.15) is 0 Å². The van der Waals surface area contributed by atoms with Crippen LogP contribution in [0.1, 0.15) is 18.6 Å². The van der Waals surface area contributed by atoms with Crippen LogP contribution in [-0.2, 0) is 16.0 Å². The summed E-state index contributed by atoms with van der Waals surface area (Å²) < 4.78 is 10.3. The molecule has 0 spiro atoms. The standard InChI is InChI=1S/C13H18N2O5/c16-11(17)13(4-8-19-9-5-13)15-12(18)14-6-3-10-2-1-7-20-10/h1-2,7H,3-6,8-9H2,(H,16,17)(H2,14,15,18). The normalized spacial score (nSPS) is 17.4. The van der Waals surface area contributed by atoms with Crippen molar-refractivity contribution in [3.8, 4) is 0 Å². The van der Waals surface area contributed by atoms with Crippen LogP contribution in [0, 0.1) is 0 Å². The van der Waals surface area contributed by atoms with Gasteiger partial charge in [0.1, 0.15) is 11.3 Å². The molecular weight excluding hydrogens is 264 g/mol. The van der Waals surface area contributed by atoms with E-state index in [-0.39, 0.29) is 12.8 Å². The molecule has 0 bridgehead atoms. The van der Waals surface area contributed by atoms with Crippen LogP contribution in [0.15, 0.2) is 22.8 Å². The van der Waals surface area contributed by atoms with Gasteiger partial charge < -0.3 is 24.9 Å². The molecule has 2 rings (SSSR count). The molecule has 1 aromatic rings. The second-order valence-electron chi connectivity index (χ2n) is 4.71. The molecule has 110 valence electrons. The predicted molar refractivity (Wildman–Crippen MR) is 69.4 cm³/mol. The molecule has 7 nitrogen and oxygen atoms in total. The van der Waals surface area contributed by atoms with Crippen LogP contribution >= 0.6 is 0 Å². The number of urea groups is 1. The van der Waals surface area contributed by atoms with Gasteiger partial charge in [-0.1, -0.05) is 0 Å². The van der Waals surface area contributed by atoms with Gasteiger partial charge >= 0.3 is 12.0 Å². The highest BCUT2D eigenvalue weighted by atomic mass is 16.5. The number of ether oxygens (including phenoxy) is 1. The van der Waals surface area contributed by atoms with Crippen LogP contribution in [0.4, 0.5) is 4.79 Å². The molecule has 2 heterocycles. The summed E-state index contributed by atoms with van der Waals surface area (Å²) in [5.74, 6) is -0.258. The molecule has 1 aliphatic heterocycles. The highest BCUT2D eigenvalue weighted by molar-refractivity contribution is 5.86. The monoisotopic (exact) mass is 282 g/mol. The Morgan fingerprint density at radius 3 is 2.70 bits per heavy atom. The fourth-order valence-electron chi connectivity index (χ4n) is 2.13. The maximum Gasteiger partial charge on any atom is 0.329 e. The average molecular weight is 282 g/mol. The quantitative estimate of drug-likeness (QED) is 0.740. The molecular formula is C13H18N2O5. The molecule has 0 radical (unpaired) electrons. The smallest absolute Gasteiger partial charge is 0.329 e. The van der Waals surface area contributed by atoms with Gasteiger partial charge in [0.05, 0.1) is 6.26 Å². The maximum atomic E-state index is 11.8. The van der Waals surface area contributed by atoms with E-state index in [1.807, 2.05) is 6.07 Å². The number of carbonyl (C=O) groups excluding carboxylic acids is 1. The SMILES string of the molecule is O=C(NCCc1ccco1)NC1(C(=O)O)CCOCC1. The summed E-state index contributed by atoms with van der Waals surface area (Å²) in [6, 6.07) is 3.11. The van der Waals surface area contributed by atoms with E-state index in [1.165, 1.54) is 0 Å². The van der Waals surface area contributed by atoms with Gasteiger partial charge in [0.15, 0.2) is 0 Å². The van der Waals surface area contributed by atoms with Gasteiger partial charge in [0, 0.05) is 39.0 Å². The van der Waals surface area contributed by atoms with Gasteiger partial charge in [-0.3, -0.25) is 0 Å². The van der Waals surface area contributed by atoms with Crippen molar-refractivity contribution in [3.63, 3.8) is 0 Å². The topological polar surface area (TPSA) is 101 Å². The Kier molecular flexibility index (Phi) is 4.62. The largest absolute Gasteiger partial charge is 0.480 e. The van der Waals surface area contributed by atoms with Crippen molar-refractivity contribution in [3.05, 3.63) is 24.2 Å². The number of hydrogen-bond acceptors (Lipinski definition) is 4. The number of carbonyl (C=O) groups is 2. The second kappa shape index (κ2) is 6.42. The van der Waals surface area contributed by atoms with Crippen molar-refractivity contribution < 1.29 is 23.8 Å². The van der Waals surface area contributed by atoms with Crippen LogP contribution in [0.3, 0.4) is 0 Å². The molecule has 20 heavy (non-hydrogen) atoms. The lowest BCUT2D eigenvalue weighted by molar-refractivity contribution is -0.148. The van der Waals surface area contributed by atoms with Crippen molar-refractivity contribution in [2.24, 2.45) is 0 Å². The van der Waals surface area contributed by atoms with Crippen molar-refractivity contribution in [1.29, 1.82) is 0 Å². The van der Waals surface area contributed by atoms with E-state index in [4.69, 9.17) is 9.15 Å². The Hall–Kier alpha value is -2.02. The third-order valence-electron chi connectivity index (χ3n) is 3.35. The molecule has 0 aromatic carbocycles. The summed E-state index contributed by atoms with van der Waals surface area (Å²) in [6.07, 6.45) is 2.67. The Morgan fingerprint density at radius 1 is 1.35 bits per heavy atom. The molecule has 1 saturated heterocycles. The Morgan fingerprint density at radius 2 is 2.10 bits per heavy atom. The zero-order valence-electron chi connectivity index (χ0n) is 11.1. The summed E-state index contributed by atoms with van der Waals surface area (Å²) in [6.45, 7) is 1.05. The summed E-state index contributed by atoms with van der Waals surface area (Å²) >= 11 is 0. The van der Waals surface area contributed by atoms with E-state index in [0.717, 1.165) is 5.76 Å². The van der Waals surface area contributed by atoms with Gasteiger partial charge in [-0.15, -0.1) is 0 Å². The van der Waals surface area contributed by atoms with E-state index in [9.17, 15) is 14.7 Å². The number of aliphatic carboxylic acids is 1. The molecule has 0 saturated carbocycles. The molecule has 1 aromatic heterocycles. The van der Waals surface area contributed by atoms with E-state index in [2.05, 4.69) is 10.6 Å². The lowest BCUT2D eigenvalue weighted by Crippen LogP contribution is -2.59. The number of hydrogen-bond donors (Lipinski definition) is 3. The van der Waals surface area contributed by atoms with Gasteiger partial charge in [-0.05, 0) is 12.1 Å². The number of furan rings is 1. The van der Waals surface area contributed by atoms with Crippen LogP contribution in [0.2, 0.25) is 0 Å². The van der Waals surface area contributed by atoms with E-state index >= 15 is 0 Å². The number of amides is 2. The average Bonchev–Trinajstić information content (AvgIpc) is 2.93. The first kappa shape index (κ1) is 14.4. The first-order valence-electron chi connectivity index (χ1n) is 6.52. The van der Waals surface area contributed by atoms with Crippen molar-refractivity contribution in [1.82, 2.24) is 10.6 Å². The highest BCUT2D eigenvalue weighted by Crippen LogP contribution is 2.20. The predicted octanol–water partition coefficient (Wildman–Crippen LogP) is 0.755. The Labute approximate surface area is 116 Å². The fraction of sp³-hybridized carbons (Fsp3) is 0.538. The molecule has 0 atom stereocenters. The fourth-order valence-corrected chi connectivity index (χ4v) is 2.13. The van der Waals surface area contributed by atoms with Crippen molar-refractivity contribution in [2.75, 3.05) is 19.8 Å². The van der Waals surface area contributed by atoms with E-state index in [1.54, 1.807) is 12.3 Å². The minimum absolute atomic E-state index is 0.272. The molecule has 1 aliphatic rings. The van der Waals surface area contributed by atoms with Gasteiger partial charge in [-0.25, -0.2) is 9.59 Å².